The van der Waals surface area contributed by atoms with Gasteiger partial charge in [-0.1, -0.05) is 0 Å². The lowest BCUT2D eigenvalue weighted by atomic mass is 10.1. The van der Waals surface area contributed by atoms with Crippen molar-refractivity contribution in [3.63, 3.8) is 0 Å². The fourth-order valence-corrected chi connectivity index (χ4v) is 2.71. The zero-order valence-electron chi connectivity index (χ0n) is 9.32. The molecule has 2 unspecified atom stereocenters. The molecule has 86 valence electrons. The van der Waals surface area contributed by atoms with Crippen LogP contribution >= 0.6 is 0 Å². The molecule has 1 aliphatic carbocycles. The van der Waals surface area contributed by atoms with Crippen LogP contribution in [0.2, 0.25) is 0 Å². The number of hydrogen-bond acceptors (Lipinski definition) is 3. The van der Waals surface area contributed by atoms with Crippen LogP contribution in [0.4, 0.5) is 0 Å². The lowest BCUT2D eigenvalue weighted by Gasteiger charge is -2.22. The Kier molecular flexibility index (Phi) is 3.76. The summed E-state index contributed by atoms with van der Waals surface area (Å²) in [6.07, 6.45) is 5.71. The molecule has 0 amide bonds. The zero-order chi connectivity index (χ0) is 10.7. The van der Waals surface area contributed by atoms with Crippen molar-refractivity contribution >= 4 is 5.78 Å². The molecule has 2 atom stereocenters. The van der Waals surface area contributed by atoms with Crippen LogP contribution in [0.5, 0.6) is 0 Å². The molecule has 2 rings (SSSR count). The fraction of sp³-hybridized carbons (Fsp3) is 0.917. The van der Waals surface area contributed by atoms with E-state index in [9.17, 15) is 9.90 Å². The molecule has 0 spiro atoms. The van der Waals surface area contributed by atoms with Crippen molar-refractivity contribution < 1.29 is 9.90 Å². The quantitative estimate of drug-likeness (QED) is 0.746. The van der Waals surface area contributed by atoms with Crippen LogP contribution in [-0.2, 0) is 4.79 Å². The Hall–Kier alpha value is -0.410. The van der Waals surface area contributed by atoms with Crippen molar-refractivity contribution in [1.82, 2.24) is 4.90 Å². The van der Waals surface area contributed by atoms with E-state index in [-0.39, 0.29) is 6.10 Å². The maximum Gasteiger partial charge on any atom is 0.137 e. The number of aliphatic hydroxyl groups is 1. The standard InChI is InChI=1S/C12H21NO2/c14-11-4-2-7-13(8-6-11)9-10-3-1-5-12(10)15/h10-11,14H,1-9H2. The van der Waals surface area contributed by atoms with E-state index in [1.807, 2.05) is 0 Å². The lowest BCUT2D eigenvalue weighted by Crippen LogP contribution is -2.32. The number of aliphatic hydroxyl groups excluding tert-OH is 1. The topological polar surface area (TPSA) is 40.5 Å². The minimum atomic E-state index is -0.116. The van der Waals surface area contributed by atoms with Gasteiger partial charge in [0.05, 0.1) is 6.10 Å². The first-order valence-electron chi connectivity index (χ1n) is 6.19. The van der Waals surface area contributed by atoms with Gasteiger partial charge in [-0.15, -0.1) is 0 Å². The van der Waals surface area contributed by atoms with E-state index in [1.54, 1.807) is 0 Å². The summed E-state index contributed by atoms with van der Waals surface area (Å²) in [6, 6.07) is 0. The molecular weight excluding hydrogens is 190 g/mol. The summed E-state index contributed by atoms with van der Waals surface area (Å²) in [4.78, 5) is 13.9. The normalized spacial score (nSPS) is 34.3. The highest BCUT2D eigenvalue weighted by atomic mass is 16.3. The highest BCUT2D eigenvalue weighted by molar-refractivity contribution is 5.83. The number of carbonyl (C=O) groups excluding carboxylic acids is 1. The van der Waals surface area contributed by atoms with Crippen molar-refractivity contribution in [2.75, 3.05) is 19.6 Å². The van der Waals surface area contributed by atoms with Crippen LogP contribution in [0.1, 0.15) is 38.5 Å². The van der Waals surface area contributed by atoms with Gasteiger partial charge in [-0.05, 0) is 38.6 Å². The smallest absolute Gasteiger partial charge is 0.137 e. The fourth-order valence-electron chi connectivity index (χ4n) is 2.71. The summed E-state index contributed by atoms with van der Waals surface area (Å²) in [7, 11) is 0. The second-order valence-corrected chi connectivity index (χ2v) is 4.94. The Morgan fingerprint density at radius 2 is 2.07 bits per heavy atom. The van der Waals surface area contributed by atoms with E-state index in [0.717, 1.165) is 58.2 Å². The highest BCUT2D eigenvalue weighted by Crippen LogP contribution is 2.23. The van der Waals surface area contributed by atoms with Gasteiger partial charge in [0.2, 0.25) is 0 Å². The van der Waals surface area contributed by atoms with Crippen LogP contribution in [-0.4, -0.2) is 41.5 Å². The monoisotopic (exact) mass is 211 g/mol. The van der Waals surface area contributed by atoms with Gasteiger partial charge >= 0.3 is 0 Å². The third-order valence-corrected chi connectivity index (χ3v) is 3.70. The molecule has 1 N–H and O–H groups in total. The molecule has 2 fully saturated rings. The summed E-state index contributed by atoms with van der Waals surface area (Å²) >= 11 is 0. The summed E-state index contributed by atoms with van der Waals surface area (Å²) < 4.78 is 0. The van der Waals surface area contributed by atoms with Gasteiger partial charge in [0.15, 0.2) is 0 Å². The molecule has 1 heterocycles. The Morgan fingerprint density at radius 1 is 1.20 bits per heavy atom. The van der Waals surface area contributed by atoms with Crippen molar-refractivity contribution in [2.45, 2.75) is 44.6 Å². The molecule has 0 aromatic heterocycles. The largest absolute Gasteiger partial charge is 0.393 e. The molecule has 0 bridgehead atoms. The van der Waals surface area contributed by atoms with Crippen LogP contribution in [0.3, 0.4) is 0 Å². The second kappa shape index (κ2) is 5.08. The number of Topliss-reactive ketones (excluding diaryl/α,β-unsaturated/α-hetero) is 1. The van der Waals surface area contributed by atoms with Gasteiger partial charge in [0.25, 0.3) is 0 Å². The van der Waals surface area contributed by atoms with Gasteiger partial charge in [-0.25, -0.2) is 0 Å². The minimum Gasteiger partial charge on any atom is -0.393 e. The number of likely N-dealkylation sites (tertiary alicyclic amines) is 1. The van der Waals surface area contributed by atoms with E-state index in [0.29, 0.717) is 11.7 Å². The SMILES string of the molecule is O=C1CCCC1CN1CCCC(O)CC1. The first-order chi connectivity index (χ1) is 7.25. The Bertz CT molecular complexity index is 230. The number of rotatable bonds is 2. The molecule has 3 heteroatoms. The maximum atomic E-state index is 11.5. The predicted molar refractivity (Wildman–Crippen MR) is 58.6 cm³/mol. The molecule has 0 radical (unpaired) electrons. The zero-order valence-corrected chi connectivity index (χ0v) is 9.32. The molecule has 0 aromatic rings. The van der Waals surface area contributed by atoms with Crippen molar-refractivity contribution in [3.05, 3.63) is 0 Å². The molecule has 1 saturated carbocycles. The first kappa shape index (κ1) is 11.1. The molecule has 1 saturated heterocycles. The van der Waals surface area contributed by atoms with Gasteiger partial charge in [0.1, 0.15) is 5.78 Å². The molecule has 2 aliphatic rings. The van der Waals surface area contributed by atoms with E-state index in [4.69, 9.17) is 0 Å². The van der Waals surface area contributed by atoms with E-state index in [2.05, 4.69) is 4.90 Å². The molecule has 1 aliphatic heterocycles. The first-order valence-corrected chi connectivity index (χ1v) is 6.19. The lowest BCUT2D eigenvalue weighted by molar-refractivity contribution is -0.121. The third kappa shape index (κ3) is 3.02. The molecule has 15 heavy (non-hydrogen) atoms. The van der Waals surface area contributed by atoms with Gasteiger partial charge in [-0.2, -0.15) is 0 Å². The third-order valence-electron chi connectivity index (χ3n) is 3.70. The predicted octanol–water partition coefficient (Wildman–Crippen LogP) is 1.20. The van der Waals surface area contributed by atoms with E-state index in [1.165, 1.54) is 0 Å². The average molecular weight is 211 g/mol. The summed E-state index contributed by atoms with van der Waals surface area (Å²) in [6.45, 7) is 2.96. The molecular formula is C12H21NO2. The molecule has 3 nitrogen and oxygen atoms in total. The highest BCUT2D eigenvalue weighted by Gasteiger charge is 2.27. The van der Waals surface area contributed by atoms with Crippen LogP contribution in [0, 0.1) is 5.92 Å². The Balaban J connectivity index is 1.80. The van der Waals surface area contributed by atoms with Gasteiger partial charge < -0.3 is 10.0 Å². The maximum absolute atomic E-state index is 11.5. The van der Waals surface area contributed by atoms with E-state index >= 15 is 0 Å². The number of nitrogens with zero attached hydrogens (tertiary/aromatic N) is 1. The van der Waals surface area contributed by atoms with Crippen LogP contribution < -0.4 is 0 Å². The van der Waals surface area contributed by atoms with E-state index < -0.39 is 0 Å². The van der Waals surface area contributed by atoms with Crippen LogP contribution in [0.15, 0.2) is 0 Å². The summed E-state index contributed by atoms with van der Waals surface area (Å²) in [5, 5.41) is 9.53. The minimum absolute atomic E-state index is 0.116. The number of carbonyl (C=O) groups is 1. The van der Waals surface area contributed by atoms with Crippen molar-refractivity contribution in [2.24, 2.45) is 5.92 Å². The second-order valence-electron chi connectivity index (χ2n) is 4.94. The number of ketones is 1. The van der Waals surface area contributed by atoms with Crippen molar-refractivity contribution in [3.8, 4) is 0 Å². The Labute approximate surface area is 91.5 Å². The average Bonchev–Trinajstić information content (AvgIpc) is 2.48. The summed E-state index contributed by atoms with van der Waals surface area (Å²) in [5.74, 6) is 0.750. The van der Waals surface area contributed by atoms with Crippen molar-refractivity contribution in [1.29, 1.82) is 0 Å². The number of hydrogen-bond donors (Lipinski definition) is 1. The summed E-state index contributed by atoms with van der Waals surface area (Å²) in [5.41, 5.74) is 0. The molecule has 0 aromatic carbocycles. The van der Waals surface area contributed by atoms with Gasteiger partial charge in [-0.3, -0.25) is 4.79 Å². The van der Waals surface area contributed by atoms with Gasteiger partial charge in [0, 0.05) is 25.4 Å². The Morgan fingerprint density at radius 3 is 2.80 bits per heavy atom. The van der Waals surface area contributed by atoms with Crippen LogP contribution in [0.25, 0.3) is 0 Å².